The first-order valence-electron chi connectivity index (χ1n) is 6.77. The summed E-state index contributed by atoms with van der Waals surface area (Å²) >= 11 is 0. The molecule has 2 nitrogen and oxygen atoms in total. The van der Waals surface area contributed by atoms with Crippen LogP contribution in [-0.4, -0.2) is 5.91 Å². The van der Waals surface area contributed by atoms with E-state index in [0.29, 0.717) is 5.56 Å². The Morgan fingerprint density at radius 1 is 1.20 bits per heavy atom. The van der Waals surface area contributed by atoms with E-state index in [0.717, 1.165) is 17.7 Å². The molecule has 1 N–H and O–H groups in total. The summed E-state index contributed by atoms with van der Waals surface area (Å²) in [4.78, 5) is 12.1. The molecule has 3 rings (SSSR count). The maximum atomic E-state index is 13.7. The highest BCUT2D eigenvalue weighted by Gasteiger charge is 2.45. The van der Waals surface area contributed by atoms with Gasteiger partial charge in [0.05, 0.1) is 0 Å². The number of nitrogens with one attached hydrogen (secondary N) is 1. The minimum absolute atomic E-state index is 0.0148. The summed E-state index contributed by atoms with van der Waals surface area (Å²) in [5.41, 5.74) is 2.55. The van der Waals surface area contributed by atoms with Crippen LogP contribution in [0.3, 0.4) is 0 Å². The average molecular weight is 269 g/mol. The van der Waals surface area contributed by atoms with E-state index in [1.54, 1.807) is 12.1 Å². The molecule has 0 heterocycles. The third-order valence-electron chi connectivity index (χ3n) is 3.72. The Kier molecular flexibility index (Phi) is 3.26. The number of hydrogen-bond acceptors (Lipinski definition) is 1. The smallest absolute Gasteiger partial charge is 0.228 e. The van der Waals surface area contributed by atoms with Crippen molar-refractivity contribution < 1.29 is 9.18 Å². The molecule has 0 aromatic heterocycles. The van der Waals surface area contributed by atoms with Gasteiger partial charge in [-0.3, -0.25) is 4.79 Å². The Labute approximate surface area is 117 Å². The monoisotopic (exact) mass is 269 g/mol. The van der Waals surface area contributed by atoms with Crippen molar-refractivity contribution >= 4 is 11.6 Å². The van der Waals surface area contributed by atoms with Crippen LogP contribution in [0, 0.1) is 18.7 Å². The van der Waals surface area contributed by atoms with Crippen molar-refractivity contribution in [2.75, 3.05) is 5.32 Å². The third kappa shape index (κ3) is 2.57. The molecule has 0 radical (unpaired) electrons. The van der Waals surface area contributed by atoms with Gasteiger partial charge in [0.25, 0.3) is 0 Å². The average Bonchev–Trinajstić information content (AvgIpc) is 3.19. The second-order valence-corrected chi connectivity index (χ2v) is 5.33. The molecule has 2 unspecified atom stereocenters. The molecule has 1 saturated carbocycles. The van der Waals surface area contributed by atoms with E-state index in [1.807, 2.05) is 37.3 Å². The number of carbonyl (C=O) groups excluding carboxylic acids is 1. The first-order chi connectivity index (χ1) is 9.65. The van der Waals surface area contributed by atoms with Gasteiger partial charge in [0.2, 0.25) is 5.91 Å². The van der Waals surface area contributed by atoms with E-state index in [4.69, 9.17) is 0 Å². The number of benzene rings is 2. The van der Waals surface area contributed by atoms with E-state index in [9.17, 15) is 9.18 Å². The van der Waals surface area contributed by atoms with E-state index >= 15 is 0 Å². The molecular formula is C17H16FNO. The molecule has 1 aliphatic carbocycles. The SMILES string of the molecule is Cc1cccc(NC(=O)C2CC2c2ccccc2F)c1. The van der Waals surface area contributed by atoms with Crippen LogP contribution in [0.4, 0.5) is 10.1 Å². The van der Waals surface area contributed by atoms with Crippen molar-refractivity contribution in [2.45, 2.75) is 19.3 Å². The van der Waals surface area contributed by atoms with Gasteiger partial charge >= 0.3 is 0 Å². The van der Waals surface area contributed by atoms with Crippen LogP contribution in [0.1, 0.15) is 23.5 Å². The van der Waals surface area contributed by atoms with Crippen LogP contribution in [0.25, 0.3) is 0 Å². The lowest BCUT2D eigenvalue weighted by Crippen LogP contribution is -2.14. The zero-order valence-electron chi connectivity index (χ0n) is 11.3. The minimum atomic E-state index is -0.219. The van der Waals surface area contributed by atoms with Gasteiger partial charge in [-0.2, -0.15) is 0 Å². The molecular weight excluding hydrogens is 253 g/mol. The number of halogens is 1. The number of hydrogen-bond donors (Lipinski definition) is 1. The summed E-state index contributed by atoms with van der Waals surface area (Å²) in [5.74, 6) is -0.347. The fraction of sp³-hybridized carbons (Fsp3) is 0.235. The first kappa shape index (κ1) is 12.9. The summed E-state index contributed by atoms with van der Waals surface area (Å²) in [6.45, 7) is 1.98. The van der Waals surface area contributed by atoms with Crippen molar-refractivity contribution in [2.24, 2.45) is 5.92 Å². The van der Waals surface area contributed by atoms with E-state index in [2.05, 4.69) is 5.32 Å². The number of aryl methyl sites for hydroxylation is 1. The van der Waals surface area contributed by atoms with Gasteiger partial charge in [-0.25, -0.2) is 4.39 Å². The lowest BCUT2D eigenvalue weighted by molar-refractivity contribution is -0.117. The molecule has 3 heteroatoms. The van der Waals surface area contributed by atoms with Crippen LogP contribution in [0.15, 0.2) is 48.5 Å². The van der Waals surface area contributed by atoms with Gasteiger partial charge in [0.1, 0.15) is 5.82 Å². The van der Waals surface area contributed by atoms with Crippen molar-refractivity contribution in [3.63, 3.8) is 0 Å². The fourth-order valence-electron chi connectivity index (χ4n) is 2.56. The predicted molar refractivity (Wildman–Crippen MR) is 77.1 cm³/mol. The summed E-state index contributed by atoms with van der Waals surface area (Å²) in [7, 11) is 0. The molecule has 1 fully saturated rings. The Bertz CT molecular complexity index is 653. The zero-order valence-corrected chi connectivity index (χ0v) is 11.3. The second-order valence-electron chi connectivity index (χ2n) is 5.33. The molecule has 0 spiro atoms. The quantitative estimate of drug-likeness (QED) is 0.900. The van der Waals surface area contributed by atoms with Crippen LogP contribution >= 0.6 is 0 Å². The van der Waals surface area contributed by atoms with Crippen LogP contribution in [0.2, 0.25) is 0 Å². The molecule has 20 heavy (non-hydrogen) atoms. The highest BCUT2D eigenvalue weighted by atomic mass is 19.1. The summed E-state index contributed by atoms with van der Waals surface area (Å²) in [6.07, 6.45) is 0.721. The normalized spacial score (nSPS) is 20.5. The summed E-state index contributed by atoms with van der Waals surface area (Å²) in [5, 5.41) is 2.90. The first-order valence-corrected chi connectivity index (χ1v) is 6.77. The van der Waals surface area contributed by atoms with Gasteiger partial charge in [-0.1, -0.05) is 30.3 Å². The van der Waals surface area contributed by atoms with Gasteiger partial charge in [-0.05, 0) is 48.6 Å². The summed E-state index contributed by atoms with van der Waals surface area (Å²) < 4.78 is 13.7. The van der Waals surface area contributed by atoms with Crippen molar-refractivity contribution in [3.8, 4) is 0 Å². The molecule has 1 amide bonds. The van der Waals surface area contributed by atoms with Gasteiger partial charge in [0.15, 0.2) is 0 Å². The molecule has 2 atom stereocenters. The topological polar surface area (TPSA) is 29.1 Å². The van der Waals surface area contributed by atoms with E-state index < -0.39 is 0 Å². The minimum Gasteiger partial charge on any atom is -0.326 e. The van der Waals surface area contributed by atoms with Crippen molar-refractivity contribution in [1.82, 2.24) is 0 Å². The van der Waals surface area contributed by atoms with Gasteiger partial charge < -0.3 is 5.32 Å². The highest BCUT2D eigenvalue weighted by molar-refractivity contribution is 5.95. The summed E-state index contributed by atoms with van der Waals surface area (Å²) in [6, 6.07) is 14.4. The maximum absolute atomic E-state index is 13.7. The number of carbonyl (C=O) groups is 1. The molecule has 2 aromatic carbocycles. The molecule has 2 aromatic rings. The number of rotatable bonds is 3. The maximum Gasteiger partial charge on any atom is 0.228 e. The number of anilines is 1. The highest BCUT2D eigenvalue weighted by Crippen LogP contribution is 2.48. The Balaban J connectivity index is 1.68. The van der Waals surface area contributed by atoms with Gasteiger partial charge in [-0.15, -0.1) is 0 Å². The third-order valence-corrected chi connectivity index (χ3v) is 3.72. The Morgan fingerprint density at radius 3 is 2.75 bits per heavy atom. The lowest BCUT2D eigenvalue weighted by atomic mass is 10.1. The molecule has 0 aliphatic heterocycles. The standard InChI is InChI=1S/C17H16FNO/c1-11-5-4-6-12(9-11)19-17(20)15-10-14(15)13-7-2-3-8-16(13)18/h2-9,14-15H,10H2,1H3,(H,19,20). The molecule has 1 aliphatic rings. The van der Waals surface area contributed by atoms with E-state index in [1.165, 1.54) is 6.07 Å². The van der Waals surface area contributed by atoms with Crippen LogP contribution < -0.4 is 5.32 Å². The lowest BCUT2D eigenvalue weighted by Gasteiger charge is -2.06. The molecule has 0 saturated heterocycles. The second kappa shape index (κ2) is 5.08. The predicted octanol–water partition coefficient (Wildman–Crippen LogP) is 3.88. The zero-order chi connectivity index (χ0) is 14.1. The molecule has 102 valence electrons. The Morgan fingerprint density at radius 2 is 2.00 bits per heavy atom. The van der Waals surface area contributed by atoms with Crippen molar-refractivity contribution in [1.29, 1.82) is 0 Å². The molecule has 0 bridgehead atoms. The van der Waals surface area contributed by atoms with Crippen LogP contribution in [0.5, 0.6) is 0 Å². The fourth-order valence-corrected chi connectivity index (χ4v) is 2.56. The van der Waals surface area contributed by atoms with Crippen LogP contribution in [-0.2, 0) is 4.79 Å². The van der Waals surface area contributed by atoms with Crippen molar-refractivity contribution in [3.05, 3.63) is 65.5 Å². The van der Waals surface area contributed by atoms with Gasteiger partial charge in [0, 0.05) is 11.6 Å². The largest absolute Gasteiger partial charge is 0.326 e. The number of amides is 1. The Hall–Kier alpha value is -2.16. The van der Waals surface area contributed by atoms with E-state index in [-0.39, 0.29) is 23.6 Å².